The van der Waals surface area contributed by atoms with Gasteiger partial charge in [0.15, 0.2) is 11.6 Å². The summed E-state index contributed by atoms with van der Waals surface area (Å²) in [6.07, 6.45) is 0. The highest BCUT2D eigenvalue weighted by Gasteiger charge is 2.39. The number of fused-ring (bicyclic) bond motifs is 2. The van der Waals surface area contributed by atoms with Gasteiger partial charge in [-0.05, 0) is 66.6 Å². The van der Waals surface area contributed by atoms with E-state index in [9.17, 15) is 9.59 Å². The number of carbonyl (C=O) groups is 2. The fourth-order valence-electron chi connectivity index (χ4n) is 5.06. The molecule has 5 aromatic rings. The van der Waals surface area contributed by atoms with Crippen LogP contribution in [0.2, 0.25) is 0 Å². The third-order valence-electron chi connectivity index (χ3n) is 6.68. The van der Waals surface area contributed by atoms with Gasteiger partial charge >= 0.3 is 0 Å². The lowest BCUT2D eigenvalue weighted by Gasteiger charge is -2.16. The maximum Gasteiger partial charge on any atom is 0.196 e. The number of anilines is 1. The summed E-state index contributed by atoms with van der Waals surface area (Å²) in [5.41, 5.74) is 12.1. The molecule has 6 rings (SSSR count). The molecule has 0 bridgehead atoms. The van der Waals surface area contributed by atoms with E-state index in [0.29, 0.717) is 45.9 Å². The fourth-order valence-corrected chi connectivity index (χ4v) is 5.06. The van der Waals surface area contributed by atoms with Crippen LogP contribution in [0.4, 0.5) is 5.69 Å². The number of hydrogen-bond acceptors (Lipinski definition) is 4. The Hall–Kier alpha value is -4.90. The van der Waals surface area contributed by atoms with Crippen LogP contribution in [0.25, 0.3) is 28.2 Å². The number of carbonyl (C=O) groups excluding carboxylic acids is 2. The number of ether oxygens (including phenoxy) is 1. The van der Waals surface area contributed by atoms with E-state index in [0.717, 1.165) is 22.6 Å². The van der Waals surface area contributed by atoms with Gasteiger partial charge in [0, 0.05) is 22.5 Å². The van der Waals surface area contributed by atoms with Gasteiger partial charge in [0.2, 0.25) is 0 Å². The number of hydrogen-bond donors (Lipinski definition) is 1. The summed E-state index contributed by atoms with van der Waals surface area (Å²) in [6, 6.07) is 31.9. The van der Waals surface area contributed by atoms with Crippen LogP contribution in [-0.4, -0.2) is 22.7 Å². The minimum atomic E-state index is -0.166. The molecule has 1 aliphatic rings. The molecule has 0 amide bonds. The van der Waals surface area contributed by atoms with E-state index in [1.807, 2.05) is 90.4 Å². The number of benzene rings is 4. The summed E-state index contributed by atoms with van der Waals surface area (Å²) in [6.45, 7) is 2.49. The van der Waals surface area contributed by atoms with Gasteiger partial charge in [-0.15, -0.1) is 0 Å². The van der Waals surface area contributed by atoms with Crippen LogP contribution in [0, 0.1) is 0 Å². The van der Waals surface area contributed by atoms with Gasteiger partial charge in [0.25, 0.3) is 0 Å². The molecular formula is C32H24N2O3. The predicted octanol–water partition coefficient (Wildman–Crippen LogP) is 6.57. The van der Waals surface area contributed by atoms with Crippen LogP contribution in [0.1, 0.15) is 38.8 Å². The first-order valence-electron chi connectivity index (χ1n) is 12.2. The van der Waals surface area contributed by atoms with Crippen molar-refractivity contribution in [1.82, 2.24) is 4.57 Å². The second-order valence-electron chi connectivity index (χ2n) is 8.90. The Balaban J connectivity index is 1.75. The third-order valence-corrected chi connectivity index (χ3v) is 6.68. The zero-order valence-corrected chi connectivity index (χ0v) is 20.3. The molecule has 2 N–H and O–H groups in total. The van der Waals surface area contributed by atoms with Gasteiger partial charge in [-0.25, -0.2) is 0 Å². The Morgan fingerprint density at radius 3 is 1.70 bits per heavy atom. The highest BCUT2D eigenvalue weighted by molar-refractivity contribution is 6.32. The van der Waals surface area contributed by atoms with Crippen molar-refractivity contribution in [3.63, 3.8) is 0 Å². The van der Waals surface area contributed by atoms with E-state index in [1.165, 1.54) is 0 Å². The van der Waals surface area contributed by atoms with Crippen molar-refractivity contribution in [2.75, 3.05) is 12.3 Å². The van der Waals surface area contributed by atoms with Gasteiger partial charge in [-0.2, -0.15) is 0 Å². The molecule has 4 aromatic carbocycles. The molecule has 1 heterocycles. The zero-order valence-electron chi connectivity index (χ0n) is 20.3. The Labute approximate surface area is 214 Å². The van der Waals surface area contributed by atoms with Gasteiger partial charge in [-0.1, -0.05) is 54.6 Å². The SMILES string of the molecule is CCOc1ccc(-c2c3c(c(-c4ccccc4)n2-c2ccc(N)cc2)C(=O)c2ccccc2C3=O)cc1. The van der Waals surface area contributed by atoms with Crippen molar-refractivity contribution in [1.29, 1.82) is 0 Å². The molecule has 0 atom stereocenters. The van der Waals surface area contributed by atoms with Crippen molar-refractivity contribution in [2.45, 2.75) is 6.92 Å². The number of rotatable bonds is 5. The molecule has 37 heavy (non-hydrogen) atoms. The molecule has 1 aliphatic carbocycles. The summed E-state index contributed by atoms with van der Waals surface area (Å²) in [5, 5.41) is 0. The molecule has 0 fully saturated rings. The van der Waals surface area contributed by atoms with Crippen molar-refractivity contribution in [3.8, 4) is 34.0 Å². The first-order valence-corrected chi connectivity index (χ1v) is 12.2. The summed E-state index contributed by atoms with van der Waals surface area (Å²) >= 11 is 0. The largest absolute Gasteiger partial charge is 0.494 e. The highest BCUT2D eigenvalue weighted by Crippen LogP contribution is 2.44. The molecule has 0 aliphatic heterocycles. The zero-order chi connectivity index (χ0) is 25.5. The number of nitrogens with two attached hydrogens (primary N) is 1. The van der Waals surface area contributed by atoms with E-state index in [1.54, 1.807) is 24.3 Å². The summed E-state index contributed by atoms with van der Waals surface area (Å²) in [5.74, 6) is 0.410. The smallest absolute Gasteiger partial charge is 0.196 e. The Morgan fingerprint density at radius 1 is 0.649 bits per heavy atom. The predicted molar refractivity (Wildman–Crippen MR) is 146 cm³/mol. The Bertz CT molecular complexity index is 1650. The standard InChI is InChI=1S/C32H24N2O3/c1-2-37-24-18-12-21(13-19-24)30-28-27(31(35)25-10-6-7-11-26(25)32(28)36)29(20-8-4-3-5-9-20)34(30)23-16-14-22(33)15-17-23/h3-19H,2,33H2,1H3. The minimum Gasteiger partial charge on any atom is -0.494 e. The number of ketones is 2. The second kappa shape index (κ2) is 8.95. The van der Waals surface area contributed by atoms with Crippen molar-refractivity contribution in [3.05, 3.63) is 125 Å². The molecule has 5 nitrogen and oxygen atoms in total. The maximum absolute atomic E-state index is 14.1. The lowest BCUT2D eigenvalue weighted by molar-refractivity contribution is 0.0981. The molecule has 0 spiro atoms. The topological polar surface area (TPSA) is 74.3 Å². The van der Waals surface area contributed by atoms with E-state index in [2.05, 4.69) is 0 Å². The van der Waals surface area contributed by atoms with Crippen LogP contribution in [-0.2, 0) is 0 Å². The van der Waals surface area contributed by atoms with Crippen LogP contribution in [0.15, 0.2) is 103 Å². The number of nitrogen functional groups attached to an aromatic ring is 1. The molecule has 5 heteroatoms. The fraction of sp³-hybridized carbons (Fsp3) is 0.0625. The Morgan fingerprint density at radius 2 is 1.16 bits per heavy atom. The third kappa shape index (κ3) is 3.64. The molecule has 1 aromatic heterocycles. The second-order valence-corrected chi connectivity index (χ2v) is 8.90. The Kier molecular flexibility index (Phi) is 5.46. The van der Waals surface area contributed by atoms with Crippen LogP contribution < -0.4 is 10.5 Å². The first kappa shape index (κ1) is 22.6. The van der Waals surface area contributed by atoms with Crippen molar-refractivity contribution >= 4 is 17.3 Å². The van der Waals surface area contributed by atoms with Gasteiger partial charge in [0.1, 0.15) is 5.75 Å². The summed E-state index contributed by atoms with van der Waals surface area (Å²) in [4.78, 5) is 28.2. The van der Waals surface area contributed by atoms with Crippen molar-refractivity contribution in [2.24, 2.45) is 0 Å². The first-order chi connectivity index (χ1) is 18.1. The average molecular weight is 485 g/mol. The van der Waals surface area contributed by atoms with Crippen LogP contribution in [0.5, 0.6) is 5.75 Å². The molecule has 0 saturated heterocycles. The van der Waals surface area contributed by atoms with Gasteiger partial charge in [-0.3, -0.25) is 9.59 Å². The average Bonchev–Trinajstić information content (AvgIpc) is 3.30. The van der Waals surface area contributed by atoms with E-state index < -0.39 is 0 Å². The summed E-state index contributed by atoms with van der Waals surface area (Å²) in [7, 11) is 0. The van der Waals surface area contributed by atoms with Crippen LogP contribution in [0.3, 0.4) is 0 Å². The maximum atomic E-state index is 14.1. The van der Waals surface area contributed by atoms with Crippen LogP contribution >= 0.6 is 0 Å². The van der Waals surface area contributed by atoms with E-state index in [4.69, 9.17) is 10.5 Å². The lowest BCUT2D eigenvalue weighted by atomic mass is 9.83. The van der Waals surface area contributed by atoms with E-state index >= 15 is 0 Å². The number of aromatic nitrogens is 1. The quantitative estimate of drug-likeness (QED) is 0.281. The molecule has 180 valence electrons. The molecule has 0 radical (unpaired) electrons. The summed E-state index contributed by atoms with van der Waals surface area (Å²) < 4.78 is 7.67. The molecule has 0 unspecified atom stereocenters. The number of nitrogens with zero attached hydrogens (tertiary/aromatic N) is 1. The highest BCUT2D eigenvalue weighted by atomic mass is 16.5. The lowest BCUT2D eigenvalue weighted by Crippen LogP contribution is -2.20. The van der Waals surface area contributed by atoms with Gasteiger partial charge < -0.3 is 15.0 Å². The normalized spacial score (nSPS) is 12.2. The molecule has 0 saturated carbocycles. The monoisotopic (exact) mass is 484 g/mol. The van der Waals surface area contributed by atoms with Gasteiger partial charge in [0.05, 0.1) is 29.1 Å². The minimum absolute atomic E-state index is 0.162. The van der Waals surface area contributed by atoms with Crippen molar-refractivity contribution < 1.29 is 14.3 Å². The van der Waals surface area contributed by atoms with E-state index in [-0.39, 0.29) is 11.6 Å². The molecular weight excluding hydrogens is 460 g/mol.